The summed E-state index contributed by atoms with van der Waals surface area (Å²) >= 11 is 0. The Hall–Kier alpha value is -3.02. The number of rotatable bonds is 6. The van der Waals surface area contributed by atoms with Crippen LogP contribution in [-0.2, 0) is 16.0 Å². The van der Waals surface area contributed by atoms with Crippen molar-refractivity contribution in [1.82, 2.24) is 0 Å². The van der Waals surface area contributed by atoms with Gasteiger partial charge in [-0.15, -0.1) is 0 Å². The minimum atomic E-state index is -0.402. The van der Waals surface area contributed by atoms with Gasteiger partial charge in [-0.05, 0) is 67.6 Å². The third kappa shape index (κ3) is 4.53. The molecule has 5 nitrogen and oxygen atoms in total. The molecule has 0 unspecified atom stereocenters. The summed E-state index contributed by atoms with van der Waals surface area (Å²) in [4.78, 5) is 38.9. The van der Waals surface area contributed by atoms with E-state index in [0.717, 1.165) is 36.9 Å². The Morgan fingerprint density at radius 1 is 1.03 bits per heavy atom. The normalized spacial score (nSPS) is 15.6. The number of benzene rings is 2. The lowest BCUT2D eigenvalue weighted by Gasteiger charge is -2.30. The molecule has 1 N–H and O–H groups in total. The van der Waals surface area contributed by atoms with Crippen LogP contribution in [0.1, 0.15) is 48.0 Å². The van der Waals surface area contributed by atoms with E-state index in [4.69, 9.17) is 0 Å². The molecule has 4 rings (SSSR count). The maximum Gasteiger partial charge on any atom is 0.230 e. The predicted octanol–water partition coefficient (Wildman–Crippen LogP) is 4.12. The standard InChI is InChI=1S/C23H23FN2O3/c24-18-8-5-16(6-9-18)21(27)11-12-22(28)25-19-10-7-15-2-1-13-26(20(15)14-19)23(29)17-3-4-17/h5-10,14,17H,1-4,11-13H2,(H,25,28). The van der Waals surface area contributed by atoms with Crippen molar-refractivity contribution in [3.8, 4) is 0 Å². The number of halogens is 1. The van der Waals surface area contributed by atoms with Gasteiger partial charge in [0.15, 0.2) is 5.78 Å². The van der Waals surface area contributed by atoms with Crippen molar-refractivity contribution < 1.29 is 18.8 Å². The minimum Gasteiger partial charge on any atom is -0.326 e. The molecule has 150 valence electrons. The number of aryl methyl sites for hydroxylation is 1. The van der Waals surface area contributed by atoms with Gasteiger partial charge in [0, 0.05) is 42.2 Å². The zero-order valence-electron chi connectivity index (χ0n) is 16.1. The number of carbonyl (C=O) groups excluding carboxylic acids is 3. The number of Topliss-reactive ketones (excluding diaryl/α,β-unsaturated/α-hetero) is 1. The number of fused-ring (bicyclic) bond motifs is 1. The predicted molar refractivity (Wildman–Crippen MR) is 108 cm³/mol. The van der Waals surface area contributed by atoms with Gasteiger partial charge >= 0.3 is 0 Å². The summed E-state index contributed by atoms with van der Waals surface area (Å²) in [5.74, 6) is -0.542. The summed E-state index contributed by atoms with van der Waals surface area (Å²) < 4.78 is 13.0. The number of hydrogen-bond acceptors (Lipinski definition) is 3. The van der Waals surface area contributed by atoms with Crippen LogP contribution < -0.4 is 10.2 Å². The zero-order valence-corrected chi connectivity index (χ0v) is 16.1. The lowest BCUT2D eigenvalue weighted by molar-refractivity contribution is -0.120. The molecule has 2 amide bonds. The Bertz CT molecular complexity index is 951. The smallest absolute Gasteiger partial charge is 0.230 e. The van der Waals surface area contributed by atoms with Gasteiger partial charge in [0.05, 0.1) is 0 Å². The zero-order chi connectivity index (χ0) is 20.4. The van der Waals surface area contributed by atoms with Crippen LogP contribution in [0.25, 0.3) is 0 Å². The molecule has 1 aliphatic heterocycles. The molecule has 1 aliphatic carbocycles. The first kappa shape index (κ1) is 19.3. The van der Waals surface area contributed by atoms with E-state index in [-0.39, 0.29) is 36.4 Å². The topological polar surface area (TPSA) is 66.5 Å². The Labute approximate surface area is 168 Å². The van der Waals surface area contributed by atoms with Gasteiger partial charge in [-0.2, -0.15) is 0 Å². The van der Waals surface area contributed by atoms with E-state index in [2.05, 4.69) is 5.32 Å². The molecule has 1 fully saturated rings. The number of ketones is 1. The number of hydrogen-bond donors (Lipinski definition) is 1. The van der Waals surface area contributed by atoms with Crippen molar-refractivity contribution in [1.29, 1.82) is 0 Å². The molecule has 0 radical (unpaired) electrons. The summed E-state index contributed by atoms with van der Waals surface area (Å²) in [5, 5.41) is 2.82. The molecule has 0 atom stereocenters. The van der Waals surface area contributed by atoms with E-state index in [1.807, 2.05) is 23.1 Å². The van der Waals surface area contributed by atoms with E-state index in [9.17, 15) is 18.8 Å². The highest BCUT2D eigenvalue weighted by molar-refractivity contribution is 6.01. The molecule has 29 heavy (non-hydrogen) atoms. The number of anilines is 2. The molecule has 2 aromatic carbocycles. The van der Waals surface area contributed by atoms with Gasteiger partial charge in [0.1, 0.15) is 5.82 Å². The SMILES string of the molecule is O=C(CCC(=O)c1ccc(F)cc1)Nc1ccc2c(c1)N(C(=O)C1CC1)CCC2. The second kappa shape index (κ2) is 8.15. The highest BCUT2D eigenvalue weighted by Crippen LogP contribution is 2.36. The van der Waals surface area contributed by atoms with Gasteiger partial charge in [-0.1, -0.05) is 6.07 Å². The number of nitrogens with zero attached hydrogens (tertiary/aromatic N) is 1. The number of carbonyl (C=O) groups is 3. The summed E-state index contributed by atoms with van der Waals surface area (Å²) in [6, 6.07) is 11.0. The average molecular weight is 394 g/mol. The Kier molecular flexibility index (Phi) is 5.43. The molecular weight excluding hydrogens is 371 g/mol. The minimum absolute atomic E-state index is 0.0397. The number of nitrogens with one attached hydrogen (secondary N) is 1. The third-order valence-electron chi connectivity index (χ3n) is 5.43. The molecular formula is C23H23FN2O3. The van der Waals surface area contributed by atoms with Gasteiger partial charge in [-0.25, -0.2) is 4.39 Å². The number of amides is 2. The Balaban J connectivity index is 1.38. The van der Waals surface area contributed by atoms with Gasteiger partial charge in [0.25, 0.3) is 0 Å². The van der Waals surface area contributed by atoms with Crippen LogP contribution in [0.3, 0.4) is 0 Å². The summed E-state index contributed by atoms with van der Waals surface area (Å²) in [5.41, 5.74) is 3.02. The second-order valence-corrected chi connectivity index (χ2v) is 7.69. The molecule has 0 bridgehead atoms. The maximum atomic E-state index is 13.0. The maximum absolute atomic E-state index is 13.0. The first-order chi connectivity index (χ1) is 14.0. The van der Waals surface area contributed by atoms with Crippen molar-refractivity contribution in [2.24, 2.45) is 5.92 Å². The molecule has 0 aromatic heterocycles. The second-order valence-electron chi connectivity index (χ2n) is 7.69. The van der Waals surface area contributed by atoms with Crippen molar-refractivity contribution in [2.45, 2.75) is 38.5 Å². The van der Waals surface area contributed by atoms with Crippen LogP contribution in [0, 0.1) is 11.7 Å². The molecule has 0 saturated heterocycles. The highest BCUT2D eigenvalue weighted by Gasteiger charge is 2.35. The fourth-order valence-electron chi connectivity index (χ4n) is 3.66. The lowest BCUT2D eigenvalue weighted by atomic mass is 10.0. The van der Waals surface area contributed by atoms with E-state index < -0.39 is 5.82 Å². The summed E-state index contributed by atoms with van der Waals surface area (Å²) in [6.45, 7) is 0.714. The summed E-state index contributed by atoms with van der Waals surface area (Å²) in [6.07, 6.45) is 3.88. The first-order valence-electron chi connectivity index (χ1n) is 10.0. The van der Waals surface area contributed by atoms with Crippen LogP contribution >= 0.6 is 0 Å². The fourth-order valence-corrected chi connectivity index (χ4v) is 3.66. The Morgan fingerprint density at radius 2 is 1.79 bits per heavy atom. The van der Waals surface area contributed by atoms with Crippen molar-refractivity contribution in [3.63, 3.8) is 0 Å². The van der Waals surface area contributed by atoms with Gasteiger partial charge in [0.2, 0.25) is 11.8 Å². The average Bonchev–Trinajstić information content (AvgIpc) is 3.57. The lowest BCUT2D eigenvalue weighted by Crippen LogP contribution is -2.36. The van der Waals surface area contributed by atoms with E-state index >= 15 is 0 Å². The van der Waals surface area contributed by atoms with Crippen LogP contribution in [0.2, 0.25) is 0 Å². The van der Waals surface area contributed by atoms with Crippen molar-refractivity contribution in [2.75, 3.05) is 16.8 Å². The van der Waals surface area contributed by atoms with Crippen molar-refractivity contribution in [3.05, 3.63) is 59.4 Å². The quantitative estimate of drug-likeness (QED) is 0.750. The monoisotopic (exact) mass is 394 g/mol. The fraction of sp³-hybridized carbons (Fsp3) is 0.348. The molecule has 2 aromatic rings. The van der Waals surface area contributed by atoms with E-state index in [1.165, 1.54) is 24.3 Å². The largest absolute Gasteiger partial charge is 0.326 e. The van der Waals surface area contributed by atoms with Crippen LogP contribution in [-0.4, -0.2) is 24.1 Å². The molecule has 0 spiro atoms. The first-order valence-corrected chi connectivity index (χ1v) is 10.0. The summed E-state index contributed by atoms with van der Waals surface area (Å²) in [7, 11) is 0. The molecule has 1 saturated carbocycles. The molecule has 1 heterocycles. The van der Waals surface area contributed by atoms with E-state index in [1.54, 1.807) is 0 Å². The van der Waals surface area contributed by atoms with Crippen LogP contribution in [0.5, 0.6) is 0 Å². The third-order valence-corrected chi connectivity index (χ3v) is 5.43. The van der Waals surface area contributed by atoms with Gasteiger partial charge < -0.3 is 10.2 Å². The van der Waals surface area contributed by atoms with Crippen LogP contribution in [0.15, 0.2) is 42.5 Å². The van der Waals surface area contributed by atoms with Gasteiger partial charge in [-0.3, -0.25) is 14.4 Å². The highest BCUT2D eigenvalue weighted by atomic mass is 19.1. The van der Waals surface area contributed by atoms with E-state index in [0.29, 0.717) is 17.8 Å². The molecule has 6 heteroatoms. The molecule has 2 aliphatic rings. The Morgan fingerprint density at radius 3 is 2.52 bits per heavy atom. The van der Waals surface area contributed by atoms with Crippen molar-refractivity contribution >= 4 is 29.0 Å². The van der Waals surface area contributed by atoms with Crippen LogP contribution in [0.4, 0.5) is 15.8 Å².